The van der Waals surface area contributed by atoms with E-state index in [4.69, 9.17) is 16.3 Å². The van der Waals surface area contributed by atoms with Gasteiger partial charge >= 0.3 is 0 Å². The van der Waals surface area contributed by atoms with Crippen molar-refractivity contribution in [2.24, 2.45) is 0 Å². The van der Waals surface area contributed by atoms with Crippen LogP contribution in [0.2, 0.25) is 5.02 Å². The van der Waals surface area contributed by atoms with E-state index in [1.807, 2.05) is 19.1 Å². The molecule has 0 unspecified atom stereocenters. The molecule has 31 heavy (non-hydrogen) atoms. The summed E-state index contributed by atoms with van der Waals surface area (Å²) < 4.78 is 18.8. The largest absolute Gasteiger partial charge is 0.495 e. The fourth-order valence-corrected chi connectivity index (χ4v) is 3.54. The molecule has 0 fully saturated rings. The maximum atomic E-state index is 13.4. The Labute approximate surface area is 183 Å². The molecule has 0 spiro atoms. The minimum Gasteiger partial charge on any atom is -0.495 e. The number of ether oxygens (including phenoxy) is 1. The van der Waals surface area contributed by atoms with Crippen LogP contribution in [0.5, 0.6) is 5.75 Å². The fraction of sp³-hybridized carbons (Fsp3) is 0.0833. The number of anilines is 2. The van der Waals surface area contributed by atoms with Crippen LogP contribution in [0.1, 0.15) is 11.1 Å². The molecule has 0 saturated heterocycles. The van der Waals surface area contributed by atoms with Gasteiger partial charge in [-0.05, 0) is 55.0 Å². The maximum Gasteiger partial charge on any atom is 0.282 e. The average molecular weight is 437 g/mol. The van der Waals surface area contributed by atoms with Gasteiger partial charge in [0, 0.05) is 5.02 Å². The lowest BCUT2D eigenvalue weighted by molar-refractivity contribution is -0.120. The molecule has 5 nitrogen and oxygen atoms in total. The van der Waals surface area contributed by atoms with Crippen molar-refractivity contribution in [1.82, 2.24) is 0 Å². The molecule has 156 valence electrons. The van der Waals surface area contributed by atoms with Gasteiger partial charge < -0.3 is 10.1 Å². The zero-order chi connectivity index (χ0) is 22.1. The number of aryl methyl sites for hydroxylation is 1. The van der Waals surface area contributed by atoms with Gasteiger partial charge in [0.1, 0.15) is 17.3 Å². The Morgan fingerprint density at radius 3 is 2.26 bits per heavy atom. The topological polar surface area (TPSA) is 58.6 Å². The first kappa shape index (κ1) is 20.6. The molecule has 0 aromatic heterocycles. The van der Waals surface area contributed by atoms with Crippen LogP contribution in [-0.2, 0) is 9.59 Å². The number of hydrogen-bond donors (Lipinski definition) is 1. The molecule has 1 aliphatic heterocycles. The summed E-state index contributed by atoms with van der Waals surface area (Å²) in [5, 5.41) is 3.48. The van der Waals surface area contributed by atoms with Crippen LogP contribution in [-0.4, -0.2) is 18.9 Å². The molecule has 1 N–H and O–H groups in total. The highest BCUT2D eigenvalue weighted by molar-refractivity contribution is 6.46. The molecule has 2 amide bonds. The molecular weight excluding hydrogens is 419 g/mol. The molecular formula is C24H18ClFN2O3. The summed E-state index contributed by atoms with van der Waals surface area (Å²) in [7, 11) is 1.50. The number of rotatable bonds is 5. The first-order valence-electron chi connectivity index (χ1n) is 9.45. The molecule has 0 bridgehead atoms. The number of carbonyl (C=O) groups excluding carboxylic acids is 2. The lowest BCUT2D eigenvalue weighted by atomic mass is 10.0. The summed E-state index contributed by atoms with van der Waals surface area (Å²) >= 11 is 6.13. The van der Waals surface area contributed by atoms with Crippen LogP contribution in [0.3, 0.4) is 0 Å². The molecule has 0 aliphatic carbocycles. The van der Waals surface area contributed by atoms with Gasteiger partial charge in [0.15, 0.2) is 0 Å². The van der Waals surface area contributed by atoms with E-state index in [2.05, 4.69) is 5.32 Å². The minimum absolute atomic E-state index is 0.0822. The smallest absolute Gasteiger partial charge is 0.282 e. The van der Waals surface area contributed by atoms with Crippen molar-refractivity contribution in [2.75, 3.05) is 17.3 Å². The predicted molar refractivity (Wildman–Crippen MR) is 119 cm³/mol. The van der Waals surface area contributed by atoms with Crippen LogP contribution < -0.4 is 15.0 Å². The van der Waals surface area contributed by atoms with Crippen molar-refractivity contribution in [2.45, 2.75) is 6.92 Å². The predicted octanol–water partition coefficient (Wildman–Crippen LogP) is 5.19. The molecule has 0 saturated carbocycles. The zero-order valence-corrected chi connectivity index (χ0v) is 17.5. The third-order valence-corrected chi connectivity index (χ3v) is 5.17. The molecule has 1 aliphatic rings. The van der Waals surface area contributed by atoms with Crippen LogP contribution in [0.15, 0.2) is 72.4 Å². The lowest BCUT2D eigenvalue weighted by Crippen LogP contribution is -2.32. The van der Waals surface area contributed by atoms with Gasteiger partial charge in [-0.1, -0.05) is 41.4 Å². The highest BCUT2D eigenvalue weighted by Gasteiger charge is 2.40. The van der Waals surface area contributed by atoms with E-state index in [1.165, 1.54) is 31.4 Å². The number of nitrogens with zero attached hydrogens (tertiary/aromatic N) is 1. The van der Waals surface area contributed by atoms with Gasteiger partial charge in [-0.25, -0.2) is 9.29 Å². The highest BCUT2D eigenvalue weighted by Crippen LogP contribution is 2.36. The summed E-state index contributed by atoms with van der Waals surface area (Å²) in [5.74, 6) is -1.07. The third kappa shape index (κ3) is 3.90. The van der Waals surface area contributed by atoms with Crippen molar-refractivity contribution in [3.8, 4) is 5.75 Å². The van der Waals surface area contributed by atoms with Crippen molar-refractivity contribution < 1.29 is 18.7 Å². The summed E-state index contributed by atoms with van der Waals surface area (Å²) in [6.07, 6.45) is 0. The Balaban J connectivity index is 1.85. The summed E-state index contributed by atoms with van der Waals surface area (Å²) in [4.78, 5) is 27.7. The second kappa shape index (κ2) is 8.24. The van der Waals surface area contributed by atoms with Crippen LogP contribution in [0, 0.1) is 12.7 Å². The van der Waals surface area contributed by atoms with Gasteiger partial charge in [-0.3, -0.25) is 9.59 Å². The van der Waals surface area contributed by atoms with Gasteiger partial charge in [-0.2, -0.15) is 0 Å². The van der Waals surface area contributed by atoms with E-state index in [1.54, 1.807) is 30.3 Å². The Bertz CT molecular complexity index is 1200. The average Bonchev–Trinajstić information content (AvgIpc) is 2.99. The summed E-state index contributed by atoms with van der Waals surface area (Å²) in [6, 6.07) is 17.4. The van der Waals surface area contributed by atoms with E-state index in [-0.39, 0.29) is 17.0 Å². The third-order valence-electron chi connectivity index (χ3n) is 4.93. The van der Waals surface area contributed by atoms with Crippen molar-refractivity contribution in [3.05, 3.63) is 94.4 Å². The molecule has 4 rings (SSSR count). The molecule has 3 aromatic carbocycles. The van der Waals surface area contributed by atoms with E-state index >= 15 is 0 Å². The number of carbonyl (C=O) groups is 2. The van der Waals surface area contributed by atoms with Gasteiger partial charge in [0.25, 0.3) is 11.8 Å². The van der Waals surface area contributed by atoms with Crippen LogP contribution >= 0.6 is 11.6 Å². The standard InChI is InChI=1S/C24H18ClFN2O3/c1-14-3-5-15(6-4-14)21-22(27-19-13-16(25)7-12-20(19)31-2)24(30)28(23(21)29)18-10-8-17(26)9-11-18/h3-13,27H,1-2H3. The maximum absolute atomic E-state index is 13.4. The Morgan fingerprint density at radius 2 is 1.61 bits per heavy atom. The van der Waals surface area contributed by atoms with Crippen molar-refractivity contribution >= 4 is 40.4 Å². The highest BCUT2D eigenvalue weighted by atomic mass is 35.5. The normalized spacial score (nSPS) is 13.7. The van der Waals surface area contributed by atoms with Crippen molar-refractivity contribution in [3.63, 3.8) is 0 Å². The van der Waals surface area contributed by atoms with E-state index < -0.39 is 17.6 Å². The lowest BCUT2D eigenvalue weighted by Gasteiger charge is -2.16. The Kier molecular flexibility index (Phi) is 5.48. The Hall–Kier alpha value is -3.64. The summed E-state index contributed by atoms with van der Waals surface area (Å²) in [6.45, 7) is 1.93. The minimum atomic E-state index is -0.561. The Morgan fingerprint density at radius 1 is 0.935 bits per heavy atom. The quantitative estimate of drug-likeness (QED) is 0.559. The van der Waals surface area contributed by atoms with Crippen LogP contribution in [0.4, 0.5) is 15.8 Å². The first-order valence-corrected chi connectivity index (χ1v) is 9.83. The number of imide groups is 1. The molecule has 3 aromatic rings. The van der Waals surface area contributed by atoms with Crippen molar-refractivity contribution in [1.29, 1.82) is 0 Å². The summed E-state index contributed by atoms with van der Waals surface area (Å²) in [5.41, 5.74) is 2.60. The number of hydrogen-bond acceptors (Lipinski definition) is 4. The van der Waals surface area contributed by atoms with E-state index in [0.29, 0.717) is 22.0 Å². The van der Waals surface area contributed by atoms with Gasteiger partial charge in [0.2, 0.25) is 0 Å². The molecule has 0 radical (unpaired) electrons. The second-order valence-corrected chi connectivity index (χ2v) is 7.44. The number of benzene rings is 3. The molecule has 7 heteroatoms. The fourth-order valence-electron chi connectivity index (χ4n) is 3.37. The second-order valence-electron chi connectivity index (χ2n) is 7.01. The van der Waals surface area contributed by atoms with Gasteiger partial charge in [-0.15, -0.1) is 0 Å². The first-order chi connectivity index (χ1) is 14.9. The number of halogens is 2. The zero-order valence-electron chi connectivity index (χ0n) is 16.8. The van der Waals surface area contributed by atoms with Crippen LogP contribution in [0.25, 0.3) is 5.57 Å². The number of nitrogens with one attached hydrogen (secondary N) is 1. The monoisotopic (exact) mass is 436 g/mol. The van der Waals surface area contributed by atoms with Gasteiger partial charge in [0.05, 0.1) is 24.1 Å². The molecule has 0 atom stereocenters. The van der Waals surface area contributed by atoms with E-state index in [0.717, 1.165) is 10.5 Å². The number of amides is 2. The SMILES string of the molecule is COc1ccc(Cl)cc1NC1=C(c2ccc(C)cc2)C(=O)N(c2ccc(F)cc2)C1=O. The molecule has 1 heterocycles. The van der Waals surface area contributed by atoms with E-state index in [9.17, 15) is 14.0 Å². The number of methoxy groups -OCH3 is 1.